The minimum atomic E-state index is -0.216. The molecule has 7 heteroatoms. The van der Waals surface area contributed by atoms with Crippen molar-refractivity contribution in [3.63, 3.8) is 0 Å². The van der Waals surface area contributed by atoms with Gasteiger partial charge in [-0.05, 0) is 25.8 Å². The molecule has 3 N–H and O–H groups in total. The van der Waals surface area contributed by atoms with Gasteiger partial charge in [-0.25, -0.2) is 4.98 Å². The lowest BCUT2D eigenvalue weighted by molar-refractivity contribution is 0.0694. The molecule has 1 aromatic heterocycles. The van der Waals surface area contributed by atoms with Crippen LogP contribution in [0, 0.1) is 0 Å². The van der Waals surface area contributed by atoms with Crippen LogP contribution in [-0.4, -0.2) is 63.4 Å². The SMILES string of the molecule is CCCc1nc(C(=O)N(CCO)CC2CCCN2)n[nH]1. The maximum absolute atomic E-state index is 12.4. The van der Waals surface area contributed by atoms with Crippen LogP contribution in [-0.2, 0) is 6.42 Å². The van der Waals surface area contributed by atoms with Gasteiger partial charge < -0.3 is 15.3 Å². The third-order valence-electron chi connectivity index (χ3n) is 3.47. The van der Waals surface area contributed by atoms with Gasteiger partial charge in [0.25, 0.3) is 5.91 Å². The standard InChI is InChI=1S/C13H23N5O2/c1-2-4-11-15-12(17-16-11)13(20)18(7-8-19)9-10-5-3-6-14-10/h10,14,19H,2-9H2,1H3,(H,15,16,17). The molecule has 2 rings (SSSR count). The molecule has 0 aromatic carbocycles. The van der Waals surface area contributed by atoms with Crippen molar-refractivity contribution in [2.45, 2.75) is 38.6 Å². The number of nitrogens with zero attached hydrogens (tertiary/aromatic N) is 3. The molecule has 0 spiro atoms. The largest absolute Gasteiger partial charge is 0.395 e. The van der Waals surface area contributed by atoms with Crippen LogP contribution in [0.3, 0.4) is 0 Å². The van der Waals surface area contributed by atoms with Crippen molar-refractivity contribution >= 4 is 5.91 Å². The second kappa shape index (κ2) is 7.35. The smallest absolute Gasteiger partial charge is 0.293 e. The first-order chi connectivity index (χ1) is 9.74. The summed E-state index contributed by atoms with van der Waals surface area (Å²) in [6.45, 7) is 3.90. The van der Waals surface area contributed by atoms with Crippen LogP contribution in [0.2, 0.25) is 0 Å². The van der Waals surface area contributed by atoms with Gasteiger partial charge in [0.15, 0.2) is 0 Å². The van der Waals surface area contributed by atoms with Crippen LogP contribution < -0.4 is 5.32 Å². The third kappa shape index (κ3) is 3.77. The van der Waals surface area contributed by atoms with Gasteiger partial charge >= 0.3 is 0 Å². The highest BCUT2D eigenvalue weighted by Gasteiger charge is 2.24. The summed E-state index contributed by atoms with van der Waals surface area (Å²) in [6.07, 6.45) is 3.93. The number of carbonyl (C=O) groups excluding carboxylic acids is 1. The van der Waals surface area contributed by atoms with Gasteiger partial charge in [-0.15, -0.1) is 5.10 Å². The first-order valence-electron chi connectivity index (χ1n) is 7.29. The number of aromatic amines is 1. The number of aryl methyl sites for hydroxylation is 1. The van der Waals surface area contributed by atoms with Crippen molar-refractivity contribution in [3.8, 4) is 0 Å². The molecule has 1 unspecified atom stereocenters. The Balaban J connectivity index is 2.00. The highest BCUT2D eigenvalue weighted by atomic mass is 16.3. The molecule has 1 atom stereocenters. The predicted molar refractivity (Wildman–Crippen MR) is 74.4 cm³/mol. The minimum Gasteiger partial charge on any atom is -0.395 e. The fourth-order valence-corrected chi connectivity index (χ4v) is 2.46. The van der Waals surface area contributed by atoms with E-state index in [0.29, 0.717) is 19.1 Å². The monoisotopic (exact) mass is 281 g/mol. The van der Waals surface area contributed by atoms with Crippen molar-refractivity contribution in [1.29, 1.82) is 0 Å². The van der Waals surface area contributed by atoms with Crippen LogP contribution in [0.4, 0.5) is 0 Å². The van der Waals surface area contributed by atoms with E-state index >= 15 is 0 Å². The number of nitrogens with one attached hydrogen (secondary N) is 2. The van der Waals surface area contributed by atoms with Gasteiger partial charge in [0, 0.05) is 25.6 Å². The number of H-pyrrole nitrogens is 1. The number of aliphatic hydroxyl groups is 1. The van der Waals surface area contributed by atoms with Crippen molar-refractivity contribution in [2.75, 3.05) is 26.2 Å². The minimum absolute atomic E-state index is 0.0509. The average molecular weight is 281 g/mol. The van der Waals surface area contributed by atoms with E-state index in [1.54, 1.807) is 4.90 Å². The Hall–Kier alpha value is -1.47. The predicted octanol–water partition coefficient (Wildman–Crippen LogP) is -0.0563. The van der Waals surface area contributed by atoms with Gasteiger partial charge in [-0.2, -0.15) is 0 Å². The molecular weight excluding hydrogens is 258 g/mol. The van der Waals surface area contributed by atoms with Crippen molar-refractivity contribution in [3.05, 3.63) is 11.6 Å². The highest BCUT2D eigenvalue weighted by molar-refractivity contribution is 5.90. The zero-order chi connectivity index (χ0) is 14.4. The molecule has 2 heterocycles. The van der Waals surface area contributed by atoms with Crippen molar-refractivity contribution < 1.29 is 9.90 Å². The van der Waals surface area contributed by atoms with E-state index in [0.717, 1.165) is 38.1 Å². The number of rotatable bonds is 7. The Morgan fingerprint density at radius 3 is 3.05 bits per heavy atom. The summed E-state index contributed by atoms with van der Waals surface area (Å²) in [5.74, 6) is 0.713. The Morgan fingerprint density at radius 1 is 1.55 bits per heavy atom. The fourth-order valence-electron chi connectivity index (χ4n) is 2.46. The summed E-state index contributed by atoms with van der Waals surface area (Å²) in [4.78, 5) is 18.2. The Morgan fingerprint density at radius 2 is 2.40 bits per heavy atom. The van der Waals surface area contributed by atoms with Gasteiger partial charge in [0.1, 0.15) is 5.82 Å². The van der Waals surface area contributed by atoms with Gasteiger partial charge in [-0.3, -0.25) is 9.89 Å². The maximum Gasteiger partial charge on any atom is 0.293 e. The van der Waals surface area contributed by atoms with Crippen LogP contribution in [0.15, 0.2) is 0 Å². The summed E-state index contributed by atoms with van der Waals surface area (Å²) < 4.78 is 0. The fraction of sp³-hybridized carbons (Fsp3) is 0.769. The number of aliphatic hydroxyl groups excluding tert-OH is 1. The van der Waals surface area contributed by atoms with E-state index in [2.05, 4.69) is 20.5 Å². The lowest BCUT2D eigenvalue weighted by Gasteiger charge is -2.23. The number of hydrogen-bond acceptors (Lipinski definition) is 5. The zero-order valence-corrected chi connectivity index (χ0v) is 11.9. The molecule has 1 aliphatic heterocycles. The molecular formula is C13H23N5O2. The molecule has 0 bridgehead atoms. The van der Waals surface area contributed by atoms with E-state index in [4.69, 9.17) is 5.11 Å². The van der Waals surface area contributed by atoms with E-state index in [9.17, 15) is 4.79 Å². The van der Waals surface area contributed by atoms with Gasteiger partial charge in [-0.1, -0.05) is 6.92 Å². The Bertz CT molecular complexity index is 428. The normalized spacial score (nSPS) is 18.4. The van der Waals surface area contributed by atoms with Crippen LogP contribution in [0.1, 0.15) is 42.6 Å². The first kappa shape index (κ1) is 14.9. The van der Waals surface area contributed by atoms with Crippen LogP contribution in [0.25, 0.3) is 0 Å². The van der Waals surface area contributed by atoms with E-state index in [1.165, 1.54) is 0 Å². The summed E-state index contributed by atoms with van der Waals surface area (Å²) in [5.41, 5.74) is 0. The highest BCUT2D eigenvalue weighted by Crippen LogP contribution is 2.09. The first-order valence-corrected chi connectivity index (χ1v) is 7.29. The summed E-state index contributed by atoms with van der Waals surface area (Å²) in [5, 5.41) is 19.3. The third-order valence-corrected chi connectivity index (χ3v) is 3.47. The number of carbonyl (C=O) groups is 1. The molecule has 1 fully saturated rings. The van der Waals surface area contributed by atoms with Gasteiger partial charge in [0.2, 0.25) is 5.82 Å². The number of amides is 1. The molecule has 0 aliphatic carbocycles. The van der Waals surface area contributed by atoms with Crippen LogP contribution in [0.5, 0.6) is 0 Å². The molecule has 7 nitrogen and oxygen atoms in total. The van der Waals surface area contributed by atoms with Gasteiger partial charge in [0.05, 0.1) is 6.61 Å². The lowest BCUT2D eigenvalue weighted by atomic mass is 10.2. The summed E-state index contributed by atoms with van der Waals surface area (Å²) in [7, 11) is 0. The number of aromatic nitrogens is 3. The van der Waals surface area contributed by atoms with E-state index in [1.807, 2.05) is 6.92 Å². The molecule has 20 heavy (non-hydrogen) atoms. The second-order valence-corrected chi connectivity index (χ2v) is 5.12. The van der Waals surface area contributed by atoms with Crippen LogP contribution >= 0.6 is 0 Å². The average Bonchev–Trinajstić information content (AvgIpc) is 3.09. The molecule has 1 amide bonds. The van der Waals surface area contributed by atoms with Crippen molar-refractivity contribution in [2.24, 2.45) is 0 Å². The summed E-state index contributed by atoms with van der Waals surface area (Å²) in [6, 6.07) is 0.305. The topological polar surface area (TPSA) is 94.1 Å². The molecule has 1 aliphatic rings. The Kier molecular flexibility index (Phi) is 5.49. The number of hydrogen-bond donors (Lipinski definition) is 3. The van der Waals surface area contributed by atoms with Crippen molar-refractivity contribution in [1.82, 2.24) is 25.4 Å². The molecule has 0 radical (unpaired) electrons. The summed E-state index contributed by atoms with van der Waals surface area (Å²) >= 11 is 0. The van der Waals surface area contributed by atoms with E-state index in [-0.39, 0.29) is 18.3 Å². The zero-order valence-electron chi connectivity index (χ0n) is 11.9. The molecule has 1 aromatic rings. The quantitative estimate of drug-likeness (QED) is 0.651. The van der Waals surface area contributed by atoms with E-state index < -0.39 is 0 Å². The second-order valence-electron chi connectivity index (χ2n) is 5.12. The molecule has 1 saturated heterocycles. The Labute approximate surface area is 118 Å². The lowest BCUT2D eigenvalue weighted by Crippen LogP contribution is -2.42. The molecule has 0 saturated carbocycles. The maximum atomic E-state index is 12.4. The molecule has 112 valence electrons.